The minimum absolute atomic E-state index is 0. The summed E-state index contributed by atoms with van der Waals surface area (Å²) in [7, 11) is 4.64. The van der Waals surface area contributed by atoms with Crippen molar-refractivity contribution in [2.45, 2.75) is 5.92 Å². The molecule has 0 spiro atoms. The van der Waals surface area contributed by atoms with Crippen molar-refractivity contribution in [2.24, 2.45) is 11.7 Å². The number of rotatable bonds is 6. The van der Waals surface area contributed by atoms with Crippen LogP contribution >= 0.6 is 12.4 Å². The average molecular weight is 407 g/mol. The maximum absolute atomic E-state index is 13.2. The highest BCUT2D eigenvalue weighted by Crippen LogP contribution is 2.37. The summed E-state index contributed by atoms with van der Waals surface area (Å²) in [5.74, 6) is 1.84. The SMILES string of the molecule is COc1cc(OC)c(C(=O)N2C[C@@H](CN)[C@H](c3ccccc3)C2)cc1OC.Cl. The molecule has 1 amide bonds. The molecule has 2 aromatic carbocycles. The van der Waals surface area contributed by atoms with E-state index in [1.165, 1.54) is 12.7 Å². The van der Waals surface area contributed by atoms with Crippen LogP contribution in [0.4, 0.5) is 0 Å². The van der Waals surface area contributed by atoms with E-state index in [2.05, 4.69) is 12.1 Å². The van der Waals surface area contributed by atoms with Gasteiger partial charge in [-0.3, -0.25) is 4.79 Å². The maximum atomic E-state index is 13.2. The molecule has 1 aliphatic rings. The topological polar surface area (TPSA) is 74.0 Å². The van der Waals surface area contributed by atoms with Crippen LogP contribution in [-0.4, -0.2) is 51.8 Å². The lowest BCUT2D eigenvalue weighted by Crippen LogP contribution is -2.30. The number of hydrogen-bond acceptors (Lipinski definition) is 5. The summed E-state index contributed by atoms with van der Waals surface area (Å²) >= 11 is 0. The highest BCUT2D eigenvalue weighted by atomic mass is 35.5. The van der Waals surface area contributed by atoms with Gasteiger partial charge < -0.3 is 24.8 Å². The van der Waals surface area contributed by atoms with Crippen LogP contribution in [0.15, 0.2) is 42.5 Å². The van der Waals surface area contributed by atoms with Crippen LogP contribution in [0.25, 0.3) is 0 Å². The number of ether oxygens (including phenoxy) is 3. The summed E-state index contributed by atoms with van der Waals surface area (Å²) in [6.07, 6.45) is 0. The second-order valence-corrected chi connectivity index (χ2v) is 6.63. The smallest absolute Gasteiger partial charge is 0.257 e. The molecule has 0 aliphatic carbocycles. The lowest BCUT2D eigenvalue weighted by molar-refractivity contribution is 0.0782. The van der Waals surface area contributed by atoms with Gasteiger partial charge in [0.15, 0.2) is 11.5 Å². The number of benzene rings is 2. The summed E-state index contributed by atoms with van der Waals surface area (Å²) in [5.41, 5.74) is 7.67. The van der Waals surface area contributed by atoms with Crippen molar-refractivity contribution in [2.75, 3.05) is 41.0 Å². The first kappa shape index (κ1) is 21.9. The van der Waals surface area contributed by atoms with E-state index in [0.29, 0.717) is 42.4 Å². The highest BCUT2D eigenvalue weighted by molar-refractivity contribution is 5.98. The zero-order valence-corrected chi connectivity index (χ0v) is 17.2. The number of nitrogens with two attached hydrogens (primary N) is 1. The van der Waals surface area contributed by atoms with E-state index in [1.54, 1.807) is 26.4 Å². The van der Waals surface area contributed by atoms with Crippen LogP contribution in [0.3, 0.4) is 0 Å². The third-order valence-corrected chi connectivity index (χ3v) is 5.19. The van der Waals surface area contributed by atoms with E-state index < -0.39 is 0 Å². The fourth-order valence-corrected chi connectivity index (χ4v) is 3.72. The first-order valence-corrected chi connectivity index (χ1v) is 8.97. The van der Waals surface area contributed by atoms with Gasteiger partial charge in [0.25, 0.3) is 5.91 Å². The molecule has 1 aliphatic heterocycles. The first-order chi connectivity index (χ1) is 13.1. The number of likely N-dealkylation sites (tertiary alicyclic amines) is 1. The lowest BCUT2D eigenvalue weighted by atomic mass is 9.89. The summed E-state index contributed by atoms with van der Waals surface area (Å²) < 4.78 is 16.1. The van der Waals surface area contributed by atoms with Gasteiger partial charge in [-0.25, -0.2) is 0 Å². The molecule has 3 rings (SSSR count). The molecule has 152 valence electrons. The molecule has 6 nitrogen and oxygen atoms in total. The van der Waals surface area contributed by atoms with Crippen LogP contribution in [-0.2, 0) is 0 Å². The number of methoxy groups -OCH3 is 3. The minimum Gasteiger partial charge on any atom is -0.496 e. The third-order valence-electron chi connectivity index (χ3n) is 5.19. The first-order valence-electron chi connectivity index (χ1n) is 8.97. The van der Waals surface area contributed by atoms with Crippen LogP contribution in [0.5, 0.6) is 17.2 Å². The molecule has 0 bridgehead atoms. The summed E-state index contributed by atoms with van der Waals surface area (Å²) in [6, 6.07) is 13.6. The molecule has 2 atom stereocenters. The monoisotopic (exact) mass is 406 g/mol. The number of halogens is 1. The van der Waals surface area contributed by atoms with Gasteiger partial charge in [-0.05, 0) is 18.0 Å². The Balaban J connectivity index is 0.00000280. The Morgan fingerprint density at radius 2 is 1.61 bits per heavy atom. The molecule has 1 saturated heterocycles. The quantitative estimate of drug-likeness (QED) is 0.798. The molecule has 0 radical (unpaired) electrons. The maximum Gasteiger partial charge on any atom is 0.257 e. The molecule has 2 aromatic rings. The molecule has 0 saturated carbocycles. The Morgan fingerprint density at radius 1 is 1.00 bits per heavy atom. The van der Waals surface area contributed by atoms with Crippen molar-refractivity contribution in [3.63, 3.8) is 0 Å². The predicted octanol–water partition coefficient (Wildman–Crippen LogP) is 2.95. The van der Waals surface area contributed by atoms with Crippen molar-refractivity contribution in [3.8, 4) is 17.2 Å². The van der Waals surface area contributed by atoms with Crippen LogP contribution in [0.2, 0.25) is 0 Å². The van der Waals surface area contributed by atoms with Gasteiger partial charge >= 0.3 is 0 Å². The van der Waals surface area contributed by atoms with Crippen LogP contribution in [0.1, 0.15) is 21.8 Å². The second-order valence-electron chi connectivity index (χ2n) is 6.63. The molecule has 28 heavy (non-hydrogen) atoms. The van der Waals surface area contributed by atoms with Crippen molar-refractivity contribution in [1.82, 2.24) is 4.90 Å². The summed E-state index contributed by atoms with van der Waals surface area (Å²) in [6.45, 7) is 1.78. The van der Waals surface area contributed by atoms with Crippen molar-refractivity contribution < 1.29 is 19.0 Å². The summed E-state index contributed by atoms with van der Waals surface area (Å²) in [4.78, 5) is 15.1. The zero-order valence-electron chi connectivity index (χ0n) is 16.4. The highest BCUT2D eigenvalue weighted by Gasteiger charge is 2.36. The van der Waals surface area contributed by atoms with Gasteiger partial charge in [0.05, 0.1) is 26.9 Å². The Labute approximate surface area is 172 Å². The molecule has 2 N–H and O–H groups in total. The standard InChI is InChI=1S/C21H26N2O4.ClH/c1-25-18-10-20(27-3)19(26-2)9-16(18)21(24)23-12-15(11-22)17(13-23)14-7-5-4-6-8-14;/h4-10,15,17H,11-13,22H2,1-3H3;1H/t15-,17+;/m1./s1. The summed E-state index contributed by atoms with van der Waals surface area (Å²) in [5, 5.41) is 0. The van der Waals surface area contributed by atoms with Crippen molar-refractivity contribution >= 4 is 18.3 Å². The van der Waals surface area contributed by atoms with Gasteiger partial charge in [-0.2, -0.15) is 0 Å². The van der Waals surface area contributed by atoms with Gasteiger partial charge in [0, 0.05) is 31.1 Å². The fraction of sp³-hybridized carbons (Fsp3) is 0.381. The molecule has 0 aromatic heterocycles. The van der Waals surface area contributed by atoms with Gasteiger partial charge in [-0.1, -0.05) is 30.3 Å². The Morgan fingerprint density at radius 3 is 2.18 bits per heavy atom. The normalized spacial score (nSPS) is 18.4. The molecular weight excluding hydrogens is 380 g/mol. The Bertz CT molecular complexity index is 800. The van der Waals surface area contributed by atoms with Crippen LogP contribution < -0.4 is 19.9 Å². The van der Waals surface area contributed by atoms with E-state index in [9.17, 15) is 4.79 Å². The van der Waals surface area contributed by atoms with Crippen LogP contribution in [0, 0.1) is 5.92 Å². The third kappa shape index (κ3) is 4.18. The molecule has 1 heterocycles. The van der Waals surface area contributed by atoms with Gasteiger partial charge in [-0.15, -0.1) is 12.4 Å². The lowest BCUT2D eigenvalue weighted by Gasteiger charge is -2.20. The Kier molecular flexibility index (Phi) is 7.54. The number of carbonyl (C=O) groups excluding carboxylic acids is 1. The zero-order chi connectivity index (χ0) is 19.4. The molecule has 7 heteroatoms. The molecule has 1 fully saturated rings. The minimum atomic E-state index is -0.0929. The number of nitrogens with zero attached hydrogens (tertiary/aromatic N) is 1. The number of carbonyl (C=O) groups is 1. The van der Waals surface area contributed by atoms with Crippen molar-refractivity contribution in [3.05, 3.63) is 53.6 Å². The fourth-order valence-electron chi connectivity index (χ4n) is 3.72. The average Bonchev–Trinajstić information content (AvgIpc) is 3.17. The molecular formula is C21H27ClN2O4. The van der Waals surface area contributed by atoms with E-state index in [1.807, 2.05) is 23.1 Å². The van der Waals surface area contributed by atoms with Gasteiger partial charge in [0.2, 0.25) is 0 Å². The largest absolute Gasteiger partial charge is 0.496 e. The Hall–Kier alpha value is -2.44. The van der Waals surface area contributed by atoms with E-state index >= 15 is 0 Å². The van der Waals surface area contributed by atoms with E-state index in [4.69, 9.17) is 19.9 Å². The van der Waals surface area contributed by atoms with E-state index in [0.717, 1.165) is 0 Å². The number of hydrogen-bond donors (Lipinski definition) is 1. The molecule has 0 unspecified atom stereocenters. The van der Waals surface area contributed by atoms with Crippen molar-refractivity contribution in [1.29, 1.82) is 0 Å². The van der Waals surface area contributed by atoms with E-state index in [-0.39, 0.29) is 30.2 Å². The number of amides is 1. The second kappa shape index (κ2) is 9.66. The predicted molar refractivity (Wildman–Crippen MR) is 111 cm³/mol. The van der Waals surface area contributed by atoms with Gasteiger partial charge in [0.1, 0.15) is 5.75 Å².